The van der Waals surface area contributed by atoms with Crippen LogP contribution in [0.5, 0.6) is 0 Å². The molecule has 2 aromatic rings. The van der Waals surface area contributed by atoms with Gasteiger partial charge in [-0.25, -0.2) is 9.37 Å². The first kappa shape index (κ1) is 9.15. The summed E-state index contributed by atoms with van der Waals surface area (Å²) in [5, 5.41) is 0.524. The van der Waals surface area contributed by atoms with E-state index in [1.165, 1.54) is 17.4 Å². The van der Waals surface area contributed by atoms with E-state index in [4.69, 9.17) is 5.73 Å². The second kappa shape index (κ2) is 3.75. The van der Waals surface area contributed by atoms with Gasteiger partial charge in [-0.3, -0.25) is 0 Å². The molecule has 4 heteroatoms. The maximum absolute atomic E-state index is 13.2. The Morgan fingerprint density at radius 3 is 2.79 bits per heavy atom. The number of nitrogens with two attached hydrogens (primary N) is 1. The number of nitrogen functional groups attached to an aromatic ring is 1. The highest BCUT2D eigenvalue weighted by Gasteiger charge is 2.04. The molecule has 0 aliphatic carbocycles. The normalized spacial score (nSPS) is 10.4. The second-order valence-electron chi connectivity index (χ2n) is 2.93. The van der Waals surface area contributed by atoms with Gasteiger partial charge in [0, 0.05) is 17.5 Å². The quantitative estimate of drug-likeness (QED) is 0.823. The fourth-order valence-electron chi connectivity index (χ4n) is 1.23. The molecule has 1 aromatic carbocycles. The molecular weight excluding hydrogens is 199 g/mol. The topological polar surface area (TPSA) is 38.9 Å². The SMILES string of the molecule is Nc1ncc(Cc2ccccc2F)s1. The van der Waals surface area contributed by atoms with Crippen molar-refractivity contribution in [2.45, 2.75) is 6.42 Å². The summed E-state index contributed by atoms with van der Waals surface area (Å²) in [6, 6.07) is 6.73. The third-order valence-corrected chi connectivity index (χ3v) is 2.72. The summed E-state index contributed by atoms with van der Waals surface area (Å²) in [6.45, 7) is 0. The van der Waals surface area contributed by atoms with Gasteiger partial charge in [0.15, 0.2) is 5.13 Å². The Bertz CT molecular complexity index is 439. The van der Waals surface area contributed by atoms with E-state index in [1.54, 1.807) is 18.3 Å². The smallest absolute Gasteiger partial charge is 0.180 e. The van der Waals surface area contributed by atoms with Gasteiger partial charge in [0.05, 0.1) is 0 Å². The molecule has 0 bridgehead atoms. The third kappa shape index (κ3) is 1.90. The van der Waals surface area contributed by atoms with Gasteiger partial charge < -0.3 is 5.73 Å². The molecule has 1 aromatic heterocycles. The molecule has 72 valence electrons. The Balaban J connectivity index is 2.23. The minimum atomic E-state index is -0.181. The molecule has 0 atom stereocenters. The van der Waals surface area contributed by atoms with Crippen LogP contribution in [0.15, 0.2) is 30.5 Å². The Hall–Kier alpha value is -1.42. The minimum absolute atomic E-state index is 0.181. The molecule has 2 nitrogen and oxygen atoms in total. The van der Waals surface area contributed by atoms with Crippen LogP contribution in [-0.2, 0) is 6.42 Å². The predicted molar refractivity (Wildman–Crippen MR) is 55.7 cm³/mol. The van der Waals surface area contributed by atoms with Crippen LogP contribution < -0.4 is 5.73 Å². The number of anilines is 1. The number of benzene rings is 1. The van der Waals surface area contributed by atoms with Crippen molar-refractivity contribution in [2.24, 2.45) is 0 Å². The zero-order chi connectivity index (χ0) is 9.97. The average Bonchev–Trinajstić information content (AvgIpc) is 2.56. The number of halogens is 1. The van der Waals surface area contributed by atoms with Gasteiger partial charge in [-0.2, -0.15) is 0 Å². The van der Waals surface area contributed by atoms with Gasteiger partial charge in [0.1, 0.15) is 5.82 Å². The zero-order valence-electron chi connectivity index (χ0n) is 7.40. The molecular formula is C10H9FN2S. The maximum Gasteiger partial charge on any atom is 0.180 e. The highest BCUT2D eigenvalue weighted by molar-refractivity contribution is 7.15. The highest BCUT2D eigenvalue weighted by Crippen LogP contribution is 2.19. The lowest BCUT2D eigenvalue weighted by atomic mass is 10.1. The summed E-state index contributed by atoms with van der Waals surface area (Å²) >= 11 is 1.39. The monoisotopic (exact) mass is 208 g/mol. The highest BCUT2D eigenvalue weighted by atomic mass is 32.1. The van der Waals surface area contributed by atoms with Crippen LogP contribution in [0.25, 0.3) is 0 Å². The Labute approximate surface area is 85.2 Å². The van der Waals surface area contributed by atoms with E-state index in [1.807, 2.05) is 6.07 Å². The van der Waals surface area contributed by atoms with E-state index in [2.05, 4.69) is 4.98 Å². The van der Waals surface area contributed by atoms with Crippen LogP contribution in [0, 0.1) is 5.82 Å². The predicted octanol–water partition coefficient (Wildman–Crippen LogP) is 2.46. The van der Waals surface area contributed by atoms with Crippen LogP contribution in [0.1, 0.15) is 10.4 Å². The molecule has 0 aliphatic heterocycles. The number of hydrogen-bond acceptors (Lipinski definition) is 3. The van der Waals surface area contributed by atoms with Crippen molar-refractivity contribution in [1.29, 1.82) is 0 Å². The summed E-state index contributed by atoms with van der Waals surface area (Å²) in [5.74, 6) is -0.181. The molecule has 0 fully saturated rings. The van der Waals surface area contributed by atoms with E-state index in [0.717, 1.165) is 4.88 Å². The molecule has 0 saturated heterocycles. The molecule has 0 saturated carbocycles. The largest absolute Gasteiger partial charge is 0.375 e. The van der Waals surface area contributed by atoms with E-state index in [9.17, 15) is 4.39 Å². The number of rotatable bonds is 2. The minimum Gasteiger partial charge on any atom is -0.375 e. The molecule has 0 radical (unpaired) electrons. The van der Waals surface area contributed by atoms with Crippen molar-refractivity contribution < 1.29 is 4.39 Å². The van der Waals surface area contributed by atoms with Crippen LogP contribution in [-0.4, -0.2) is 4.98 Å². The van der Waals surface area contributed by atoms with E-state index in [0.29, 0.717) is 17.1 Å². The maximum atomic E-state index is 13.2. The lowest BCUT2D eigenvalue weighted by Crippen LogP contribution is -1.89. The van der Waals surface area contributed by atoms with E-state index in [-0.39, 0.29) is 5.82 Å². The van der Waals surface area contributed by atoms with Crippen molar-refractivity contribution in [3.8, 4) is 0 Å². The molecule has 0 unspecified atom stereocenters. The van der Waals surface area contributed by atoms with Gasteiger partial charge in [-0.1, -0.05) is 18.2 Å². The van der Waals surface area contributed by atoms with E-state index >= 15 is 0 Å². The Kier molecular flexibility index (Phi) is 2.45. The zero-order valence-corrected chi connectivity index (χ0v) is 8.22. The molecule has 2 N–H and O–H groups in total. The summed E-state index contributed by atoms with van der Waals surface area (Å²) in [4.78, 5) is 4.90. The van der Waals surface area contributed by atoms with Crippen molar-refractivity contribution in [3.63, 3.8) is 0 Å². The summed E-state index contributed by atoms with van der Waals surface area (Å²) < 4.78 is 13.2. The summed E-state index contributed by atoms with van der Waals surface area (Å²) in [5.41, 5.74) is 6.16. The van der Waals surface area contributed by atoms with Crippen molar-refractivity contribution in [2.75, 3.05) is 5.73 Å². The fraction of sp³-hybridized carbons (Fsp3) is 0.100. The first-order chi connectivity index (χ1) is 6.75. The van der Waals surface area contributed by atoms with Crippen LogP contribution in [0.3, 0.4) is 0 Å². The van der Waals surface area contributed by atoms with Crippen LogP contribution in [0.2, 0.25) is 0 Å². The second-order valence-corrected chi connectivity index (χ2v) is 4.08. The van der Waals surface area contributed by atoms with Gasteiger partial charge in [0.25, 0.3) is 0 Å². The lowest BCUT2D eigenvalue weighted by molar-refractivity contribution is 0.614. The standard InChI is InChI=1S/C10H9FN2S/c11-9-4-2-1-3-7(9)5-8-6-13-10(12)14-8/h1-4,6H,5H2,(H2,12,13). The molecule has 14 heavy (non-hydrogen) atoms. The summed E-state index contributed by atoms with van der Waals surface area (Å²) in [7, 11) is 0. The first-order valence-electron chi connectivity index (χ1n) is 4.19. The van der Waals surface area contributed by atoms with E-state index < -0.39 is 0 Å². The fourth-order valence-corrected chi connectivity index (χ4v) is 1.94. The van der Waals surface area contributed by atoms with Crippen LogP contribution in [0.4, 0.5) is 9.52 Å². The molecule has 0 spiro atoms. The molecule has 2 rings (SSSR count). The van der Waals surface area contributed by atoms with Gasteiger partial charge in [0.2, 0.25) is 0 Å². The van der Waals surface area contributed by atoms with Crippen molar-refractivity contribution in [1.82, 2.24) is 4.98 Å². The van der Waals surface area contributed by atoms with Gasteiger partial charge in [-0.05, 0) is 11.6 Å². The van der Waals surface area contributed by atoms with Crippen LogP contribution >= 0.6 is 11.3 Å². The van der Waals surface area contributed by atoms with Crippen molar-refractivity contribution >= 4 is 16.5 Å². The summed E-state index contributed by atoms with van der Waals surface area (Å²) in [6.07, 6.45) is 2.24. The molecule has 1 heterocycles. The van der Waals surface area contributed by atoms with Gasteiger partial charge >= 0.3 is 0 Å². The molecule has 0 aliphatic rings. The number of thiazole rings is 1. The molecule has 0 amide bonds. The average molecular weight is 208 g/mol. The van der Waals surface area contributed by atoms with Gasteiger partial charge in [-0.15, -0.1) is 11.3 Å². The lowest BCUT2D eigenvalue weighted by Gasteiger charge is -1.98. The third-order valence-electron chi connectivity index (χ3n) is 1.89. The number of hydrogen-bond donors (Lipinski definition) is 1. The first-order valence-corrected chi connectivity index (χ1v) is 5.01. The number of aromatic nitrogens is 1. The van der Waals surface area contributed by atoms with Crippen molar-refractivity contribution in [3.05, 3.63) is 46.7 Å². The Morgan fingerprint density at radius 2 is 2.14 bits per heavy atom. The Morgan fingerprint density at radius 1 is 1.36 bits per heavy atom. The number of nitrogens with zero attached hydrogens (tertiary/aromatic N) is 1.